The summed E-state index contributed by atoms with van der Waals surface area (Å²) in [6.07, 6.45) is 3.44. The van der Waals surface area contributed by atoms with E-state index in [0.717, 1.165) is 19.3 Å². The maximum Gasteiger partial charge on any atom is 0.407 e. The van der Waals surface area contributed by atoms with Crippen molar-refractivity contribution in [3.8, 4) is 0 Å². The Kier molecular flexibility index (Phi) is 7.03. The lowest BCUT2D eigenvalue weighted by atomic mass is 10.2. The molecule has 0 saturated carbocycles. The summed E-state index contributed by atoms with van der Waals surface area (Å²) in [5.41, 5.74) is 0. The van der Waals surface area contributed by atoms with Crippen molar-refractivity contribution < 1.29 is 8.85 Å². The van der Waals surface area contributed by atoms with E-state index in [9.17, 15) is 0 Å². The van der Waals surface area contributed by atoms with Crippen molar-refractivity contribution in [1.29, 1.82) is 0 Å². The summed E-state index contributed by atoms with van der Waals surface area (Å²) in [7, 11) is -2.67. The van der Waals surface area contributed by atoms with E-state index in [1.807, 2.05) is 12.1 Å². The average molecular weight is 329 g/mol. The molecule has 0 amide bonds. The van der Waals surface area contributed by atoms with Gasteiger partial charge in [0.05, 0.1) is 0 Å². The van der Waals surface area contributed by atoms with E-state index in [0.29, 0.717) is 6.61 Å². The molecule has 1 atom stereocenters. The zero-order valence-corrected chi connectivity index (χ0v) is 15.5. The molecule has 0 aromatic heterocycles. The van der Waals surface area contributed by atoms with Crippen LogP contribution in [0.2, 0.25) is 0 Å². The van der Waals surface area contributed by atoms with Crippen LogP contribution in [-0.2, 0) is 8.85 Å². The van der Waals surface area contributed by atoms with Gasteiger partial charge in [-0.3, -0.25) is 0 Å². The quantitative estimate of drug-likeness (QED) is 0.651. The highest BCUT2D eigenvalue weighted by molar-refractivity contribution is 6.92. The molecule has 0 N–H and O–H groups in total. The van der Waals surface area contributed by atoms with Gasteiger partial charge in [-0.05, 0) is 30.1 Å². The normalized spacial score (nSPS) is 13.0. The third-order valence-electron chi connectivity index (χ3n) is 4.05. The van der Waals surface area contributed by atoms with Crippen LogP contribution in [0.3, 0.4) is 0 Å². The van der Waals surface area contributed by atoms with E-state index in [1.165, 1.54) is 10.4 Å². The second kappa shape index (κ2) is 9.01. The Hall–Kier alpha value is -1.42. The van der Waals surface area contributed by atoms with Crippen LogP contribution >= 0.6 is 0 Å². The van der Waals surface area contributed by atoms with Crippen LogP contribution in [0.15, 0.2) is 60.7 Å². The first-order valence-electron chi connectivity index (χ1n) is 8.69. The minimum absolute atomic E-state index is 0.235. The largest absolute Gasteiger partial charge is 0.407 e. The second-order valence-corrected chi connectivity index (χ2v) is 8.63. The molecule has 1 unspecified atom stereocenters. The van der Waals surface area contributed by atoms with Gasteiger partial charge in [0.1, 0.15) is 0 Å². The highest BCUT2D eigenvalue weighted by Gasteiger charge is 2.44. The molecule has 0 saturated heterocycles. The predicted molar refractivity (Wildman–Crippen MR) is 99.6 cm³/mol. The van der Waals surface area contributed by atoms with Crippen molar-refractivity contribution in [2.45, 2.75) is 46.1 Å². The Balaban J connectivity index is 2.51. The molecule has 2 aromatic rings. The molecule has 124 valence electrons. The van der Waals surface area contributed by atoms with E-state index >= 15 is 0 Å². The van der Waals surface area contributed by atoms with Gasteiger partial charge in [0.25, 0.3) is 0 Å². The summed E-state index contributed by atoms with van der Waals surface area (Å²) in [4.78, 5) is 0. The predicted octanol–water partition coefficient (Wildman–Crippen LogP) is 3.87. The molecule has 0 aliphatic carbocycles. The first-order chi connectivity index (χ1) is 11.3. The number of benzene rings is 2. The molecule has 0 fully saturated rings. The zero-order chi connectivity index (χ0) is 16.5. The van der Waals surface area contributed by atoms with Gasteiger partial charge in [0.15, 0.2) is 0 Å². The zero-order valence-electron chi connectivity index (χ0n) is 14.5. The van der Waals surface area contributed by atoms with Crippen LogP contribution in [0.5, 0.6) is 0 Å². The Labute approximate surface area is 141 Å². The van der Waals surface area contributed by atoms with Crippen LogP contribution in [0.4, 0.5) is 0 Å². The van der Waals surface area contributed by atoms with Crippen LogP contribution < -0.4 is 10.4 Å². The first kappa shape index (κ1) is 17.9. The van der Waals surface area contributed by atoms with Gasteiger partial charge in [-0.2, -0.15) is 0 Å². The molecule has 0 radical (unpaired) electrons. The van der Waals surface area contributed by atoms with E-state index < -0.39 is 8.56 Å². The smallest absolute Gasteiger partial charge is 0.388 e. The van der Waals surface area contributed by atoms with E-state index in [2.05, 4.69) is 69.3 Å². The van der Waals surface area contributed by atoms with Crippen molar-refractivity contribution >= 4 is 18.9 Å². The second-order valence-electron chi connectivity index (χ2n) is 5.72. The van der Waals surface area contributed by atoms with Crippen LogP contribution in [0, 0.1) is 0 Å². The fourth-order valence-electron chi connectivity index (χ4n) is 2.92. The fraction of sp³-hybridized carbons (Fsp3) is 0.400. The van der Waals surface area contributed by atoms with Crippen LogP contribution in [0.1, 0.15) is 40.0 Å². The summed E-state index contributed by atoms with van der Waals surface area (Å²) in [6.45, 7) is 7.11. The Morgan fingerprint density at radius 3 is 1.74 bits per heavy atom. The first-order valence-corrected chi connectivity index (χ1v) is 10.5. The highest BCUT2D eigenvalue weighted by Crippen LogP contribution is 2.17. The fourth-order valence-corrected chi connectivity index (χ4v) is 6.35. The highest BCUT2D eigenvalue weighted by atomic mass is 28.4. The van der Waals surface area contributed by atoms with Crippen molar-refractivity contribution in [2.75, 3.05) is 6.61 Å². The van der Waals surface area contributed by atoms with Crippen molar-refractivity contribution in [1.82, 2.24) is 0 Å². The van der Waals surface area contributed by atoms with Crippen LogP contribution in [-0.4, -0.2) is 21.3 Å². The molecule has 2 aromatic carbocycles. The summed E-state index contributed by atoms with van der Waals surface area (Å²) in [5, 5.41) is 2.37. The maximum absolute atomic E-state index is 6.76. The monoisotopic (exact) mass is 328 g/mol. The van der Waals surface area contributed by atoms with E-state index in [-0.39, 0.29) is 6.10 Å². The number of rotatable bonds is 9. The number of hydrogen-bond acceptors (Lipinski definition) is 2. The van der Waals surface area contributed by atoms with Gasteiger partial charge < -0.3 is 8.85 Å². The van der Waals surface area contributed by atoms with Gasteiger partial charge >= 0.3 is 8.56 Å². The molecule has 0 spiro atoms. The molecule has 0 heterocycles. The van der Waals surface area contributed by atoms with Gasteiger partial charge in [0.2, 0.25) is 0 Å². The molecule has 2 nitrogen and oxygen atoms in total. The standard InChI is InChI=1S/C20H28O2Si/c1-4-13-18(5-2)22-23(21-6-3,19-14-9-7-10-15-19)20-16-11-8-12-17-20/h7-12,14-18H,4-6,13H2,1-3H3. The lowest BCUT2D eigenvalue weighted by molar-refractivity contribution is 0.124. The maximum atomic E-state index is 6.76. The molecule has 0 bridgehead atoms. The van der Waals surface area contributed by atoms with Crippen molar-refractivity contribution in [3.05, 3.63) is 60.7 Å². The van der Waals surface area contributed by atoms with E-state index in [4.69, 9.17) is 8.85 Å². The topological polar surface area (TPSA) is 18.5 Å². The third-order valence-corrected chi connectivity index (χ3v) is 7.60. The minimum Gasteiger partial charge on any atom is -0.388 e. The van der Waals surface area contributed by atoms with Gasteiger partial charge in [-0.1, -0.05) is 80.9 Å². The molecule has 3 heteroatoms. The molecule has 23 heavy (non-hydrogen) atoms. The molecule has 2 rings (SSSR count). The molecular formula is C20H28O2Si. The Morgan fingerprint density at radius 1 is 0.826 bits per heavy atom. The Bertz CT molecular complexity index is 517. The van der Waals surface area contributed by atoms with Crippen LogP contribution in [0.25, 0.3) is 0 Å². The van der Waals surface area contributed by atoms with Crippen molar-refractivity contribution in [3.63, 3.8) is 0 Å². The summed E-state index contributed by atoms with van der Waals surface area (Å²) in [6, 6.07) is 21.0. The van der Waals surface area contributed by atoms with E-state index in [1.54, 1.807) is 0 Å². The summed E-state index contributed by atoms with van der Waals surface area (Å²) < 4.78 is 13.2. The minimum atomic E-state index is -2.67. The van der Waals surface area contributed by atoms with Gasteiger partial charge in [-0.15, -0.1) is 0 Å². The SMILES string of the molecule is CCCC(CC)O[Si](OCC)(c1ccccc1)c1ccccc1. The molecular weight excluding hydrogens is 300 g/mol. The van der Waals surface area contributed by atoms with Crippen molar-refractivity contribution in [2.24, 2.45) is 0 Å². The average Bonchev–Trinajstić information content (AvgIpc) is 2.62. The lowest BCUT2D eigenvalue weighted by Gasteiger charge is -2.34. The summed E-state index contributed by atoms with van der Waals surface area (Å²) >= 11 is 0. The summed E-state index contributed by atoms with van der Waals surface area (Å²) in [5.74, 6) is 0. The molecule has 0 aliphatic rings. The van der Waals surface area contributed by atoms with Gasteiger partial charge in [0, 0.05) is 12.7 Å². The molecule has 0 aliphatic heterocycles. The number of hydrogen-bond donors (Lipinski definition) is 0. The third kappa shape index (κ3) is 4.31. The lowest BCUT2D eigenvalue weighted by Crippen LogP contribution is -2.64. The Morgan fingerprint density at radius 2 is 1.35 bits per heavy atom. The van der Waals surface area contributed by atoms with Gasteiger partial charge in [-0.25, -0.2) is 0 Å².